The molecule has 4 rings (SSSR count). The topological polar surface area (TPSA) is 127 Å². The van der Waals surface area contributed by atoms with Crippen molar-refractivity contribution in [2.45, 2.75) is 19.6 Å². The van der Waals surface area contributed by atoms with Gasteiger partial charge in [-0.25, -0.2) is 13.8 Å². The Morgan fingerprint density at radius 3 is 2.53 bits per heavy atom. The van der Waals surface area contributed by atoms with Gasteiger partial charge in [-0.15, -0.1) is 0 Å². The van der Waals surface area contributed by atoms with Crippen LogP contribution < -0.4 is 11.1 Å². The van der Waals surface area contributed by atoms with Gasteiger partial charge in [0.15, 0.2) is 5.69 Å². The van der Waals surface area contributed by atoms with E-state index in [-0.39, 0.29) is 39.8 Å². The van der Waals surface area contributed by atoms with Crippen molar-refractivity contribution in [3.05, 3.63) is 86.8 Å². The highest BCUT2D eigenvalue weighted by atomic mass is 35.5. The fraction of sp³-hybridized carbons (Fsp3) is 0.125. The zero-order chi connectivity index (χ0) is 27.9. The molecule has 14 heteroatoms. The van der Waals surface area contributed by atoms with E-state index >= 15 is 0 Å². The van der Waals surface area contributed by atoms with Crippen molar-refractivity contribution < 1.29 is 31.5 Å². The Kier molecular flexibility index (Phi) is 6.77. The number of rotatable bonds is 5. The van der Waals surface area contributed by atoms with Gasteiger partial charge >= 0.3 is 6.18 Å². The first kappa shape index (κ1) is 26.5. The van der Waals surface area contributed by atoms with Crippen LogP contribution in [0.5, 0.6) is 0 Å². The van der Waals surface area contributed by atoms with Crippen LogP contribution in [0.15, 0.2) is 36.4 Å². The van der Waals surface area contributed by atoms with Crippen molar-refractivity contribution in [2.75, 3.05) is 5.32 Å². The van der Waals surface area contributed by atoms with Crippen LogP contribution in [-0.4, -0.2) is 26.6 Å². The first-order valence-electron chi connectivity index (χ1n) is 10.5. The smallest absolute Gasteiger partial charge is 0.364 e. The van der Waals surface area contributed by atoms with Crippen LogP contribution in [-0.2, 0) is 12.7 Å². The average molecular weight is 549 g/mol. The van der Waals surface area contributed by atoms with Gasteiger partial charge in [-0.2, -0.15) is 23.5 Å². The molecule has 2 aromatic heterocycles. The number of hydrogen-bond donors (Lipinski definition) is 2. The van der Waals surface area contributed by atoms with Crippen molar-refractivity contribution in [3.8, 4) is 6.07 Å². The molecule has 0 aliphatic heterocycles. The summed E-state index contributed by atoms with van der Waals surface area (Å²) in [5.74, 6) is -3.79. The quantitative estimate of drug-likeness (QED) is 0.341. The number of alkyl halides is 3. The number of anilines is 1. The number of aromatic nitrogens is 3. The number of pyridine rings is 1. The lowest BCUT2D eigenvalue weighted by Crippen LogP contribution is -2.19. The summed E-state index contributed by atoms with van der Waals surface area (Å²) in [7, 11) is 0. The van der Waals surface area contributed by atoms with Crippen LogP contribution in [0.3, 0.4) is 0 Å². The van der Waals surface area contributed by atoms with Crippen molar-refractivity contribution in [1.29, 1.82) is 5.26 Å². The fourth-order valence-corrected chi connectivity index (χ4v) is 3.88. The summed E-state index contributed by atoms with van der Waals surface area (Å²) in [6.45, 7) is 0.909. The van der Waals surface area contributed by atoms with Gasteiger partial charge < -0.3 is 11.1 Å². The largest absolute Gasteiger partial charge is 0.437 e. The Morgan fingerprint density at radius 2 is 1.89 bits per heavy atom. The summed E-state index contributed by atoms with van der Waals surface area (Å²) < 4.78 is 70.1. The van der Waals surface area contributed by atoms with Gasteiger partial charge in [-0.05, 0) is 36.8 Å². The van der Waals surface area contributed by atoms with E-state index in [0.717, 1.165) is 35.0 Å². The molecule has 0 saturated heterocycles. The zero-order valence-corrected chi connectivity index (χ0v) is 19.9. The van der Waals surface area contributed by atoms with E-state index in [2.05, 4.69) is 15.4 Å². The molecule has 3 N–H and O–H groups in total. The van der Waals surface area contributed by atoms with Gasteiger partial charge in [-0.1, -0.05) is 17.7 Å². The number of hydrogen-bond acceptors (Lipinski definition) is 5. The Hall–Kier alpha value is -4.57. The van der Waals surface area contributed by atoms with Gasteiger partial charge in [0, 0.05) is 11.5 Å². The first-order valence-corrected chi connectivity index (χ1v) is 10.9. The second-order valence-electron chi connectivity index (χ2n) is 8.03. The van der Waals surface area contributed by atoms with Crippen molar-refractivity contribution in [3.63, 3.8) is 0 Å². The number of carbonyl (C=O) groups excluding carboxylic acids is 2. The summed E-state index contributed by atoms with van der Waals surface area (Å²) in [6.07, 6.45) is -5.01. The average Bonchev–Trinajstić information content (AvgIpc) is 3.15. The number of nitrogens with two attached hydrogens (primary N) is 1. The van der Waals surface area contributed by atoms with Crippen molar-refractivity contribution >= 4 is 40.0 Å². The standard InChI is InChI=1S/C24H14ClF5N6O2/c1-10-20(21(24(28,29)30)35-36(10)9-11-2-3-13(26)4-12(11)8-31)34-23(38)15-6-19(22(32)37)33-18-7-17(27)16(25)5-14(15)18/h2-7H,9H2,1H3,(H2,32,37)(H,34,38). The lowest BCUT2D eigenvalue weighted by Gasteiger charge is -2.12. The van der Waals surface area contributed by atoms with Crippen LogP contribution in [0, 0.1) is 29.9 Å². The maximum absolute atomic E-state index is 14.0. The predicted octanol–water partition coefficient (Wildman–Crippen LogP) is 4.96. The third kappa shape index (κ3) is 4.98. The number of nitriles is 1. The van der Waals surface area contributed by atoms with E-state index in [4.69, 9.17) is 17.3 Å². The molecule has 0 aliphatic carbocycles. The number of halogens is 6. The molecule has 0 saturated carbocycles. The number of benzene rings is 2. The van der Waals surface area contributed by atoms with Gasteiger partial charge in [0.2, 0.25) is 0 Å². The van der Waals surface area contributed by atoms with Crippen LogP contribution in [0.25, 0.3) is 10.9 Å². The Morgan fingerprint density at radius 1 is 1.18 bits per heavy atom. The maximum Gasteiger partial charge on any atom is 0.437 e. The second-order valence-corrected chi connectivity index (χ2v) is 8.44. The lowest BCUT2D eigenvalue weighted by molar-refractivity contribution is -0.140. The molecule has 2 heterocycles. The molecule has 4 aromatic rings. The molecule has 0 unspecified atom stereocenters. The maximum atomic E-state index is 14.0. The summed E-state index contributed by atoms with van der Waals surface area (Å²) in [4.78, 5) is 28.8. The molecule has 8 nitrogen and oxygen atoms in total. The molecule has 2 aromatic carbocycles. The number of primary amides is 1. The van der Waals surface area contributed by atoms with Gasteiger partial charge in [0.1, 0.15) is 17.3 Å². The van der Waals surface area contributed by atoms with E-state index in [0.29, 0.717) is 0 Å². The normalized spacial score (nSPS) is 11.4. The van der Waals surface area contributed by atoms with E-state index < -0.39 is 51.7 Å². The summed E-state index contributed by atoms with van der Waals surface area (Å²) in [5.41, 5.74) is 2.07. The molecular formula is C24H14ClF5N6O2. The molecule has 2 amide bonds. The van der Waals surface area contributed by atoms with E-state index in [9.17, 15) is 36.8 Å². The monoisotopic (exact) mass is 548 g/mol. The van der Waals surface area contributed by atoms with Crippen LogP contribution in [0.1, 0.15) is 43.4 Å². The molecule has 0 bridgehead atoms. The molecule has 0 aliphatic rings. The third-order valence-electron chi connectivity index (χ3n) is 5.57. The lowest BCUT2D eigenvalue weighted by atomic mass is 10.1. The minimum atomic E-state index is -5.01. The van der Waals surface area contributed by atoms with E-state index in [1.165, 1.54) is 13.0 Å². The highest BCUT2D eigenvalue weighted by Gasteiger charge is 2.39. The summed E-state index contributed by atoms with van der Waals surface area (Å²) >= 11 is 5.82. The van der Waals surface area contributed by atoms with Gasteiger partial charge in [0.25, 0.3) is 11.8 Å². The second kappa shape index (κ2) is 9.71. The minimum absolute atomic E-state index is 0.0533. The SMILES string of the molecule is Cc1c(NC(=O)c2cc(C(N)=O)nc3cc(F)c(Cl)cc23)c(C(F)(F)F)nn1Cc1ccc(F)cc1C#N. The van der Waals surface area contributed by atoms with Crippen LogP contribution in [0.4, 0.5) is 27.6 Å². The number of amides is 2. The number of nitrogens with zero attached hydrogens (tertiary/aromatic N) is 4. The van der Waals surface area contributed by atoms with Crippen LogP contribution in [0.2, 0.25) is 5.02 Å². The third-order valence-corrected chi connectivity index (χ3v) is 5.86. The Balaban J connectivity index is 1.82. The fourth-order valence-electron chi connectivity index (χ4n) is 3.72. The first-order chi connectivity index (χ1) is 17.8. The zero-order valence-electron chi connectivity index (χ0n) is 19.1. The summed E-state index contributed by atoms with van der Waals surface area (Å²) in [6, 6.07) is 7.81. The highest BCUT2D eigenvalue weighted by Crippen LogP contribution is 2.37. The highest BCUT2D eigenvalue weighted by molar-refractivity contribution is 6.31. The predicted molar refractivity (Wildman–Crippen MR) is 125 cm³/mol. The number of nitrogens with one attached hydrogen (secondary N) is 1. The molecule has 0 spiro atoms. The van der Waals surface area contributed by atoms with E-state index in [1.54, 1.807) is 6.07 Å². The molecule has 0 fully saturated rings. The number of carbonyl (C=O) groups is 2. The Bertz CT molecular complexity index is 1680. The Labute approximate surface area is 215 Å². The van der Waals surface area contributed by atoms with Crippen LogP contribution >= 0.6 is 11.6 Å². The molecule has 0 atom stereocenters. The van der Waals surface area contributed by atoms with Crippen molar-refractivity contribution in [1.82, 2.24) is 14.8 Å². The molecule has 38 heavy (non-hydrogen) atoms. The molecular weight excluding hydrogens is 535 g/mol. The molecule has 194 valence electrons. The van der Waals surface area contributed by atoms with E-state index in [1.807, 2.05) is 0 Å². The number of fused-ring (bicyclic) bond motifs is 1. The minimum Gasteiger partial charge on any atom is -0.364 e. The van der Waals surface area contributed by atoms with Gasteiger partial charge in [0.05, 0.1) is 45.7 Å². The van der Waals surface area contributed by atoms with Gasteiger partial charge in [-0.3, -0.25) is 14.3 Å². The summed E-state index contributed by atoms with van der Waals surface area (Å²) in [5, 5.41) is 14.5. The molecule has 0 radical (unpaired) electrons. The van der Waals surface area contributed by atoms with Crippen molar-refractivity contribution in [2.24, 2.45) is 5.73 Å².